The molecule has 1 saturated heterocycles. The van der Waals surface area contributed by atoms with Gasteiger partial charge in [0, 0.05) is 43.3 Å². The average molecular weight is 605 g/mol. The number of aliphatic imine (C=N–C) groups is 1. The van der Waals surface area contributed by atoms with Gasteiger partial charge in [-0.15, -0.1) is 5.10 Å². The van der Waals surface area contributed by atoms with Gasteiger partial charge in [0.1, 0.15) is 6.54 Å². The van der Waals surface area contributed by atoms with Gasteiger partial charge in [-0.1, -0.05) is 63.6 Å². The van der Waals surface area contributed by atoms with Gasteiger partial charge in [-0.05, 0) is 37.7 Å². The molecule has 6 N–H and O–H groups in total. The molecule has 0 radical (unpaired) electrons. The molecule has 1 unspecified atom stereocenters. The molecule has 2 amide bonds. The maximum atomic E-state index is 12.5. The number of carboxylic acids is 1. The summed E-state index contributed by atoms with van der Waals surface area (Å²) in [5.41, 5.74) is 7.35. The van der Waals surface area contributed by atoms with Crippen LogP contribution in [0.3, 0.4) is 0 Å². The Labute approximate surface area is 248 Å². The van der Waals surface area contributed by atoms with Gasteiger partial charge in [0.15, 0.2) is 5.96 Å². The third-order valence-corrected chi connectivity index (χ3v) is 9.35. The van der Waals surface area contributed by atoms with Gasteiger partial charge in [0.2, 0.25) is 11.8 Å². The minimum absolute atomic E-state index is 0.0672. The molecular formula is C27H40N8O4S2. The number of nitrogens with zero attached hydrogens (tertiary/aromatic N) is 4. The molecule has 12 nitrogen and oxygen atoms in total. The van der Waals surface area contributed by atoms with E-state index in [4.69, 9.17) is 5.73 Å². The number of amides is 2. The molecule has 0 aliphatic carbocycles. The summed E-state index contributed by atoms with van der Waals surface area (Å²) in [7, 11) is 3.93. The lowest BCUT2D eigenvalue weighted by molar-refractivity contribution is -0.137. The molecule has 1 aromatic carbocycles. The fraction of sp³-hybridized carbons (Fsp3) is 0.556. The first kappa shape index (κ1) is 32.3. The van der Waals surface area contributed by atoms with E-state index in [2.05, 4.69) is 31.3 Å². The predicted octanol–water partition coefficient (Wildman–Crippen LogP) is 2.28. The summed E-state index contributed by atoms with van der Waals surface area (Å²) in [5, 5.41) is 26.7. The van der Waals surface area contributed by atoms with Gasteiger partial charge in [-0.3, -0.25) is 19.4 Å². The van der Waals surface area contributed by atoms with Crippen LogP contribution in [0.15, 0.2) is 41.5 Å². The quantitative estimate of drug-likeness (QED) is 0.0734. The highest BCUT2D eigenvalue weighted by Crippen LogP contribution is 2.39. The maximum absolute atomic E-state index is 12.5. The molecule has 2 heterocycles. The lowest BCUT2D eigenvalue weighted by Gasteiger charge is -2.17. The standard InChI is InChI=1S/C27H40N8O4S2/c28-27(31-15-14-29-24(36)11-5-4-10-22-12-16-40-41-22)30-13-6-9-21-18-35(34-33-21)19-25(37)32-23(17-26(38)39)20-7-2-1-3-8-20/h1-3,7-8,18,22-23H,4-6,9-17,19H2,(H,29,36)(H,32,37)(H,38,39)(H3,28,30,31)/t22?,23-/m0/s1. The highest BCUT2D eigenvalue weighted by atomic mass is 33.1. The predicted molar refractivity (Wildman–Crippen MR) is 162 cm³/mol. The van der Waals surface area contributed by atoms with Gasteiger partial charge in [-0.25, -0.2) is 4.68 Å². The summed E-state index contributed by atoms with van der Waals surface area (Å²) < 4.78 is 1.43. The van der Waals surface area contributed by atoms with E-state index in [1.165, 1.54) is 23.3 Å². The van der Waals surface area contributed by atoms with Crippen molar-refractivity contribution >= 4 is 45.3 Å². The van der Waals surface area contributed by atoms with E-state index < -0.39 is 12.0 Å². The van der Waals surface area contributed by atoms with E-state index in [9.17, 15) is 19.5 Å². The fourth-order valence-electron chi connectivity index (χ4n) is 4.25. The maximum Gasteiger partial charge on any atom is 0.305 e. The summed E-state index contributed by atoms with van der Waals surface area (Å²) in [4.78, 5) is 40.0. The number of hydrogen-bond acceptors (Lipinski definition) is 8. The lowest BCUT2D eigenvalue weighted by Crippen LogP contribution is -2.38. The largest absolute Gasteiger partial charge is 0.481 e. The van der Waals surface area contributed by atoms with Crippen LogP contribution in [0.2, 0.25) is 0 Å². The Morgan fingerprint density at radius 2 is 1.93 bits per heavy atom. The molecule has 3 rings (SSSR count). The SMILES string of the molecule is NC(=NCCCc1cn(CC(=O)N[C@@H](CC(=O)O)c2ccccc2)nn1)NCCNC(=O)CCCCC1CCSS1. The van der Waals surface area contributed by atoms with Crippen LogP contribution in [0.25, 0.3) is 0 Å². The van der Waals surface area contributed by atoms with Crippen LogP contribution in [0.5, 0.6) is 0 Å². The van der Waals surface area contributed by atoms with Crippen molar-refractivity contribution < 1.29 is 19.5 Å². The fourth-order valence-corrected chi connectivity index (χ4v) is 7.28. The highest BCUT2D eigenvalue weighted by molar-refractivity contribution is 8.77. The van der Waals surface area contributed by atoms with E-state index in [0.717, 1.165) is 23.7 Å². The van der Waals surface area contributed by atoms with Crippen LogP contribution in [0.1, 0.15) is 62.2 Å². The zero-order valence-corrected chi connectivity index (χ0v) is 24.8. The van der Waals surface area contributed by atoms with Crippen molar-refractivity contribution in [2.45, 2.75) is 69.2 Å². The Kier molecular flexibility index (Phi) is 14.3. The molecule has 2 atom stereocenters. The summed E-state index contributed by atoms with van der Waals surface area (Å²) in [6.07, 6.45) is 7.83. The van der Waals surface area contributed by atoms with Crippen molar-refractivity contribution in [2.24, 2.45) is 10.7 Å². The number of aryl methyl sites for hydroxylation is 1. The number of guanidine groups is 1. The Bertz CT molecular complexity index is 1130. The molecule has 41 heavy (non-hydrogen) atoms. The van der Waals surface area contributed by atoms with E-state index >= 15 is 0 Å². The minimum atomic E-state index is -0.999. The van der Waals surface area contributed by atoms with Crippen LogP contribution in [-0.2, 0) is 27.3 Å². The topological polar surface area (TPSA) is 177 Å². The first-order valence-electron chi connectivity index (χ1n) is 13.9. The Morgan fingerprint density at radius 3 is 2.68 bits per heavy atom. The number of hydrogen-bond donors (Lipinski definition) is 5. The van der Waals surface area contributed by atoms with Crippen LogP contribution in [0, 0.1) is 0 Å². The van der Waals surface area contributed by atoms with Crippen LogP contribution >= 0.6 is 21.6 Å². The number of unbranched alkanes of at least 4 members (excludes halogenated alkanes) is 1. The molecular weight excluding hydrogens is 564 g/mol. The molecule has 2 aromatic rings. The summed E-state index contributed by atoms with van der Waals surface area (Å²) >= 11 is 0. The molecule has 1 aromatic heterocycles. The third-order valence-electron chi connectivity index (χ3n) is 6.34. The number of carboxylic acid groups (broad SMARTS) is 1. The summed E-state index contributed by atoms with van der Waals surface area (Å²) in [6, 6.07) is 8.36. The highest BCUT2D eigenvalue weighted by Gasteiger charge is 2.19. The van der Waals surface area contributed by atoms with Crippen LogP contribution < -0.4 is 21.7 Å². The molecule has 1 fully saturated rings. The molecule has 1 aliphatic heterocycles. The van der Waals surface area contributed by atoms with Gasteiger partial charge in [-0.2, -0.15) is 0 Å². The number of nitrogens with one attached hydrogen (secondary N) is 3. The van der Waals surface area contributed by atoms with Crippen molar-refractivity contribution in [3.8, 4) is 0 Å². The van der Waals surface area contributed by atoms with Crippen molar-refractivity contribution in [3.05, 3.63) is 47.8 Å². The van der Waals surface area contributed by atoms with Crippen molar-refractivity contribution in [1.82, 2.24) is 30.9 Å². The lowest BCUT2D eigenvalue weighted by atomic mass is 10.0. The normalized spacial score (nSPS) is 15.8. The zero-order chi connectivity index (χ0) is 29.3. The molecule has 224 valence electrons. The third kappa shape index (κ3) is 13.3. The molecule has 14 heteroatoms. The van der Waals surface area contributed by atoms with Crippen molar-refractivity contribution in [3.63, 3.8) is 0 Å². The first-order chi connectivity index (χ1) is 19.9. The van der Waals surface area contributed by atoms with E-state index in [1.54, 1.807) is 30.5 Å². The van der Waals surface area contributed by atoms with Crippen molar-refractivity contribution in [1.29, 1.82) is 0 Å². The number of nitrogens with two attached hydrogens (primary N) is 1. The second kappa shape index (κ2) is 18.2. The number of carbonyl (C=O) groups excluding carboxylic acids is 2. The minimum Gasteiger partial charge on any atom is -0.481 e. The molecule has 0 bridgehead atoms. The average Bonchev–Trinajstić information content (AvgIpc) is 3.64. The number of rotatable bonds is 18. The second-order valence-electron chi connectivity index (χ2n) is 9.76. The zero-order valence-electron chi connectivity index (χ0n) is 23.2. The monoisotopic (exact) mass is 604 g/mol. The molecule has 0 spiro atoms. The van der Waals surface area contributed by atoms with Crippen LogP contribution in [-0.4, -0.2) is 74.5 Å². The number of carbonyl (C=O) groups is 3. The number of benzene rings is 1. The smallest absolute Gasteiger partial charge is 0.305 e. The number of aliphatic carboxylic acids is 1. The van der Waals surface area contributed by atoms with E-state index in [0.29, 0.717) is 50.6 Å². The van der Waals surface area contributed by atoms with E-state index in [1.807, 2.05) is 27.7 Å². The molecule has 1 aliphatic rings. The van der Waals surface area contributed by atoms with Crippen molar-refractivity contribution in [2.75, 3.05) is 25.4 Å². The van der Waals surface area contributed by atoms with Crippen LogP contribution in [0.4, 0.5) is 0 Å². The van der Waals surface area contributed by atoms with Gasteiger partial charge in [0.25, 0.3) is 0 Å². The number of aromatic nitrogens is 3. The van der Waals surface area contributed by atoms with Gasteiger partial charge < -0.3 is 26.8 Å². The van der Waals surface area contributed by atoms with Gasteiger partial charge in [0.05, 0.1) is 18.2 Å². The van der Waals surface area contributed by atoms with Gasteiger partial charge >= 0.3 is 5.97 Å². The second-order valence-corrected chi connectivity index (χ2v) is 12.5. The Balaban J connectivity index is 1.25. The van der Waals surface area contributed by atoms with E-state index in [-0.39, 0.29) is 24.8 Å². The first-order valence-corrected chi connectivity index (χ1v) is 16.3. The Morgan fingerprint density at radius 1 is 1.12 bits per heavy atom. The Hall–Kier alpha value is -3.26. The summed E-state index contributed by atoms with van der Waals surface area (Å²) in [6.45, 7) is 1.42. The molecule has 0 saturated carbocycles. The summed E-state index contributed by atoms with van der Waals surface area (Å²) in [5.74, 6) is 0.282.